The van der Waals surface area contributed by atoms with Crippen molar-refractivity contribution in [1.82, 2.24) is 19.9 Å². The Kier molecular flexibility index (Phi) is 2.21. The van der Waals surface area contributed by atoms with Crippen molar-refractivity contribution < 1.29 is 0 Å². The number of H-pyrrole nitrogens is 1. The Hall–Kier alpha value is -2.55. The first-order valence-corrected chi connectivity index (χ1v) is 4.08. The van der Waals surface area contributed by atoms with E-state index in [4.69, 9.17) is 5.26 Å². The third kappa shape index (κ3) is 1.71. The van der Waals surface area contributed by atoms with E-state index in [0.717, 1.165) is 0 Å². The van der Waals surface area contributed by atoms with Crippen LogP contribution in [0.5, 0.6) is 0 Å². The minimum Gasteiger partial charge on any atom is -0.303 e. The minimum absolute atomic E-state index is 0.0327. The van der Waals surface area contributed by atoms with Gasteiger partial charge in [0.05, 0.1) is 6.20 Å². The third-order valence-electron chi connectivity index (χ3n) is 1.70. The summed E-state index contributed by atoms with van der Waals surface area (Å²) in [6.07, 6.45) is 4.28. The minimum atomic E-state index is -0.491. The molecule has 0 aliphatic heterocycles. The molecular formula is C9H5N5O. The number of nitrogens with one attached hydrogen (secondary N) is 1. The molecule has 0 saturated carbocycles. The molecule has 0 spiro atoms. The largest absolute Gasteiger partial charge is 0.303 e. The molecule has 2 aromatic heterocycles. The van der Waals surface area contributed by atoms with Crippen molar-refractivity contribution in [2.75, 3.05) is 0 Å². The van der Waals surface area contributed by atoms with Crippen molar-refractivity contribution in [3.05, 3.63) is 40.6 Å². The van der Waals surface area contributed by atoms with E-state index >= 15 is 0 Å². The monoisotopic (exact) mass is 199 g/mol. The predicted molar refractivity (Wildman–Crippen MR) is 50.6 cm³/mol. The Balaban J connectivity index is 2.54. The fourth-order valence-electron chi connectivity index (χ4n) is 1.01. The molecule has 0 aliphatic rings. The van der Waals surface area contributed by atoms with Gasteiger partial charge in [-0.25, -0.2) is 15.0 Å². The number of hydrogen-bond acceptors (Lipinski definition) is 5. The highest BCUT2D eigenvalue weighted by Crippen LogP contribution is 2.03. The van der Waals surface area contributed by atoms with Gasteiger partial charge in [0.2, 0.25) is 0 Å². The van der Waals surface area contributed by atoms with Crippen LogP contribution in [0.4, 0.5) is 0 Å². The number of aromatic amines is 1. The maximum Gasteiger partial charge on any atom is 0.269 e. The number of rotatable bonds is 1. The lowest BCUT2D eigenvalue weighted by atomic mass is 10.3. The first kappa shape index (κ1) is 9.02. The van der Waals surface area contributed by atoms with Gasteiger partial charge in [-0.3, -0.25) is 4.79 Å². The summed E-state index contributed by atoms with van der Waals surface area (Å²) >= 11 is 0. The fourth-order valence-corrected chi connectivity index (χ4v) is 1.01. The van der Waals surface area contributed by atoms with E-state index in [1.807, 2.05) is 0 Å². The Labute approximate surface area is 84.3 Å². The van der Waals surface area contributed by atoms with Gasteiger partial charge in [-0.15, -0.1) is 0 Å². The molecule has 0 bridgehead atoms. The number of nitrogens with zero attached hydrogens (tertiary/aromatic N) is 4. The molecule has 0 fully saturated rings. The van der Waals surface area contributed by atoms with E-state index < -0.39 is 5.56 Å². The van der Waals surface area contributed by atoms with E-state index in [1.165, 1.54) is 6.20 Å². The van der Waals surface area contributed by atoms with Gasteiger partial charge < -0.3 is 4.98 Å². The van der Waals surface area contributed by atoms with Crippen LogP contribution in [0.2, 0.25) is 0 Å². The van der Waals surface area contributed by atoms with Gasteiger partial charge >= 0.3 is 0 Å². The number of aromatic nitrogens is 4. The Morgan fingerprint density at radius 3 is 2.60 bits per heavy atom. The van der Waals surface area contributed by atoms with Gasteiger partial charge in [-0.1, -0.05) is 0 Å². The third-order valence-corrected chi connectivity index (χ3v) is 1.70. The van der Waals surface area contributed by atoms with Gasteiger partial charge in [0.25, 0.3) is 5.56 Å². The average Bonchev–Trinajstić information content (AvgIpc) is 2.30. The lowest BCUT2D eigenvalue weighted by Crippen LogP contribution is -2.12. The van der Waals surface area contributed by atoms with Gasteiger partial charge in [0.1, 0.15) is 11.6 Å². The maximum atomic E-state index is 11.3. The average molecular weight is 199 g/mol. The van der Waals surface area contributed by atoms with Crippen molar-refractivity contribution >= 4 is 0 Å². The smallest absolute Gasteiger partial charge is 0.269 e. The number of hydrogen-bond donors (Lipinski definition) is 1. The van der Waals surface area contributed by atoms with Gasteiger partial charge in [0.15, 0.2) is 11.6 Å². The first-order chi connectivity index (χ1) is 7.31. The molecule has 2 aromatic rings. The van der Waals surface area contributed by atoms with E-state index in [-0.39, 0.29) is 11.4 Å². The molecule has 6 heteroatoms. The molecule has 2 rings (SSSR count). The Morgan fingerprint density at radius 1 is 1.27 bits per heavy atom. The lowest BCUT2D eigenvalue weighted by Gasteiger charge is -1.96. The summed E-state index contributed by atoms with van der Waals surface area (Å²) in [7, 11) is 0. The normalized spacial score (nSPS) is 9.53. The summed E-state index contributed by atoms with van der Waals surface area (Å²) in [5.41, 5.74) is -0.523. The van der Waals surface area contributed by atoms with Crippen LogP contribution in [-0.2, 0) is 0 Å². The molecule has 1 N–H and O–H groups in total. The molecule has 0 aromatic carbocycles. The van der Waals surface area contributed by atoms with Crippen molar-refractivity contribution in [3.63, 3.8) is 0 Å². The lowest BCUT2D eigenvalue weighted by molar-refractivity contribution is 1.05. The van der Waals surface area contributed by atoms with Crippen LogP contribution in [0, 0.1) is 11.3 Å². The van der Waals surface area contributed by atoms with Crippen LogP contribution >= 0.6 is 0 Å². The number of nitriles is 1. The second-order valence-electron chi connectivity index (χ2n) is 2.66. The Bertz CT molecular complexity index is 569. The fraction of sp³-hybridized carbons (Fsp3) is 0. The highest BCUT2D eigenvalue weighted by Gasteiger charge is 2.05. The van der Waals surface area contributed by atoms with Crippen LogP contribution in [0.25, 0.3) is 11.6 Å². The van der Waals surface area contributed by atoms with Gasteiger partial charge in [-0.05, 0) is 6.07 Å². The van der Waals surface area contributed by atoms with Crippen LogP contribution in [0.3, 0.4) is 0 Å². The van der Waals surface area contributed by atoms with Gasteiger partial charge in [0, 0.05) is 12.4 Å². The molecule has 15 heavy (non-hydrogen) atoms. The zero-order chi connectivity index (χ0) is 10.7. The summed E-state index contributed by atoms with van der Waals surface area (Å²) < 4.78 is 0. The molecule has 6 nitrogen and oxygen atoms in total. The van der Waals surface area contributed by atoms with Crippen LogP contribution < -0.4 is 5.56 Å². The Morgan fingerprint density at radius 2 is 2.00 bits per heavy atom. The molecule has 0 amide bonds. The molecule has 2 heterocycles. The molecule has 0 radical (unpaired) electrons. The summed E-state index contributed by atoms with van der Waals surface area (Å²) in [5, 5.41) is 8.54. The maximum absolute atomic E-state index is 11.3. The molecule has 0 saturated heterocycles. The van der Waals surface area contributed by atoms with Crippen molar-refractivity contribution in [3.8, 4) is 17.7 Å². The SMILES string of the molecule is N#Cc1cnc(-c2ncccn2)[nH]c1=O. The van der Waals surface area contributed by atoms with E-state index in [0.29, 0.717) is 5.82 Å². The van der Waals surface area contributed by atoms with Crippen LogP contribution in [-0.4, -0.2) is 19.9 Å². The van der Waals surface area contributed by atoms with Crippen LogP contribution in [0.1, 0.15) is 5.56 Å². The summed E-state index contributed by atoms with van der Waals surface area (Å²) in [5.74, 6) is 0.568. The van der Waals surface area contributed by atoms with Crippen LogP contribution in [0.15, 0.2) is 29.5 Å². The standard InChI is InChI=1S/C9H5N5O/c10-4-6-5-13-8(14-9(6)15)7-11-2-1-3-12-7/h1-3,5H,(H,13,14,15). The summed E-state index contributed by atoms with van der Waals surface area (Å²) in [4.78, 5) is 25.4. The van der Waals surface area contributed by atoms with E-state index in [1.54, 1.807) is 24.5 Å². The quantitative estimate of drug-likeness (QED) is 0.702. The van der Waals surface area contributed by atoms with Crippen molar-refractivity contribution in [2.24, 2.45) is 0 Å². The highest BCUT2D eigenvalue weighted by atomic mass is 16.1. The van der Waals surface area contributed by atoms with Gasteiger partial charge in [-0.2, -0.15) is 5.26 Å². The van der Waals surface area contributed by atoms with E-state index in [2.05, 4.69) is 19.9 Å². The van der Waals surface area contributed by atoms with Crippen molar-refractivity contribution in [1.29, 1.82) is 5.26 Å². The second kappa shape index (κ2) is 3.67. The molecule has 0 atom stereocenters. The molecule has 72 valence electrons. The first-order valence-electron chi connectivity index (χ1n) is 4.08. The molecule has 0 aliphatic carbocycles. The van der Waals surface area contributed by atoms with E-state index in [9.17, 15) is 4.79 Å². The van der Waals surface area contributed by atoms with Crippen molar-refractivity contribution in [2.45, 2.75) is 0 Å². The predicted octanol–water partition coefficient (Wildman–Crippen LogP) is 0.0986. The second-order valence-corrected chi connectivity index (χ2v) is 2.66. The topological polar surface area (TPSA) is 95.3 Å². The summed E-state index contributed by atoms with van der Waals surface area (Å²) in [6.45, 7) is 0. The molecule has 0 unspecified atom stereocenters. The zero-order valence-electron chi connectivity index (χ0n) is 7.51. The molecular weight excluding hydrogens is 194 g/mol. The zero-order valence-corrected chi connectivity index (χ0v) is 7.51. The summed E-state index contributed by atoms with van der Waals surface area (Å²) in [6, 6.07) is 3.38. The highest BCUT2D eigenvalue weighted by molar-refractivity contribution is 5.42.